The number of hydrogen-bond donors (Lipinski definition) is 2. The van der Waals surface area contributed by atoms with E-state index in [9.17, 15) is 5.11 Å². The van der Waals surface area contributed by atoms with Crippen molar-refractivity contribution in [1.29, 1.82) is 0 Å². The second-order valence-electron chi connectivity index (χ2n) is 6.30. The van der Waals surface area contributed by atoms with Crippen LogP contribution in [0.2, 0.25) is 0 Å². The number of nitrogens with zero attached hydrogens (tertiary/aromatic N) is 2. The van der Waals surface area contributed by atoms with Crippen LogP contribution in [0.4, 0.5) is 0 Å². The van der Waals surface area contributed by atoms with Gasteiger partial charge >= 0.3 is 0 Å². The van der Waals surface area contributed by atoms with Crippen LogP contribution < -0.4 is 5.32 Å². The molecule has 0 amide bonds. The number of aliphatic imine (C=N–C) groups is 1. The van der Waals surface area contributed by atoms with Crippen molar-refractivity contribution in [2.75, 3.05) is 39.0 Å². The Hall–Kier alpha value is 0.310. The predicted molar refractivity (Wildman–Crippen MR) is 105 cm³/mol. The fourth-order valence-corrected chi connectivity index (χ4v) is 3.69. The molecule has 1 rings (SSSR count). The summed E-state index contributed by atoms with van der Waals surface area (Å²) in [4.78, 5) is 6.76. The van der Waals surface area contributed by atoms with Crippen LogP contribution >= 0.6 is 35.7 Å². The van der Waals surface area contributed by atoms with Crippen LogP contribution in [0.5, 0.6) is 0 Å². The van der Waals surface area contributed by atoms with Crippen molar-refractivity contribution in [3.05, 3.63) is 0 Å². The molecule has 6 heteroatoms. The quantitative estimate of drug-likeness (QED) is 0.401. The minimum atomic E-state index is -0.0318. The highest BCUT2D eigenvalue weighted by Crippen LogP contribution is 2.29. The zero-order valence-corrected chi connectivity index (χ0v) is 17.3. The van der Waals surface area contributed by atoms with E-state index in [-0.39, 0.29) is 40.7 Å². The molecule has 0 saturated carbocycles. The SMILES string of the molecule is CCC(CC)(CO)CNC(=NC)N1CCSC(C)(C)C1.I. The third kappa shape index (κ3) is 6.14. The van der Waals surface area contributed by atoms with Crippen LogP contribution in [0.15, 0.2) is 4.99 Å². The van der Waals surface area contributed by atoms with Gasteiger partial charge in [0.05, 0.1) is 6.61 Å². The fraction of sp³-hybridized carbons (Fsp3) is 0.933. The summed E-state index contributed by atoms with van der Waals surface area (Å²) >= 11 is 2.02. The van der Waals surface area contributed by atoms with Gasteiger partial charge in [-0.3, -0.25) is 4.99 Å². The largest absolute Gasteiger partial charge is 0.396 e. The van der Waals surface area contributed by atoms with Crippen LogP contribution in [0.1, 0.15) is 40.5 Å². The third-order valence-corrected chi connectivity index (χ3v) is 5.69. The monoisotopic (exact) mass is 429 g/mol. The summed E-state index contributed by atoms with van der Waals surface area (Å²) in [5, 5.41) is 13.1. The Morgan fingerprint density at radius 3 is 2.43 bits per heavy atom. The molecule has 0 aliphatic carbocycles. The Morgan fingerprint density at radius 2 is 2.00 bits per heavy atom. The summed E-state index contributed by atoms with van der Waals surface area (Å²) < 4.78 is 0.277. The van der Waals surface area contributed by atoms with Gasteiger partial charge in [-0.05, 0) is 26.7 Å². The number of thioether (sulfide) groups is 1. The molecular formula is C15H32IN3OS. The maximum atomic E-state index is 9.66. The molecule has 21 heavy (non-hydrogen) atoms. The number of nitrogens with one attached hydrogen (secondary N) is 1. The van der Waals surface area contributed by atoms with E-state index in [4.69, 9.17) is 0 Å². The molecule has 126 valence electrons. The Morgan fingerprint density at radius 1 is 1.38 bits per heavy atom. The van der Waals surface area contributed by atoms with E-state index in [1.807, 2.05) is 18.8 Å². The number of aliphatic hydroxyl groups is 1. The van der Waals surface area contributed by atoms with Gasteiger partial charge in [-0.1, -0.05) is 13.8 Å². The highest BCUT2D eigenvalue weighted by molar-refractivity contribution is 14.0. The maximum absolute atomic E-state index is 9.66. The average Bonchev–Trinajstić information content (AvgIpc) is 2.43. The molecule has 0 aromatic carbocycles. The van der Waals surface area contributed by atoms with Gasteiger partial charge in [0.1, 0.15) is 0 Å². The molecular weight excluding hydrogens is 397 g/mol. The molecule has 1 saturated heterocycles. The Labute approximate surface area is 151 Å². The van der Waals surface area contributed by atoms with Gasteiger partial charge in [0, 0.05) is 42.6 Å². The van der Waals surface area contributed by atoms with Crippen molar-refractivity contribution >= 4 is 41.7 Å². The van der Waals surface area contributed by atoms with Crippen molar-refractivity contribution in [3.8, 4) is 0 Å². The molecule has 1 fully saturated rings. The second kappa shape index (κ2) is 9.45. The maximum Gasteiger partial charge on any atom is 0.193 e. The topological polar surface area (TPSA) is 47.9 Å². The number of halogens is 1. The third-order valence-electron chi connectivity index (χ3n) is 4.39. The van der Waals surface area contributed by atoms with Crippen LogP contribution in [0.25, 0.3) is 0 Å². The minimum Gasteiger partial charge on any atom is -0.396 e. The van der Waals surface area contributed by atoms with E-state index in [1.54, 1.807) is 0 Å². The van der Waals surface area contributed by atoms with Crippen molar-refractivity contribution in [2.24, 2.45) is 10.4 Å². The number of hydrogen-bond acceptors (Lipinski definition) is 3. The van der Waals surface area contributed by atoms with Gasteiger partial charge < -0.3 is 15.3 Å². The van der Waals surface area contributed by atoms with E-state index < -0.39 is 0 Å². The zero-order chi connectivity index (χ0) is 15.2. The number of rotatable bonds is 5. The molecule has 0 spiro atoms. The molecule has 1 aliphatic heterocycles. The lowest BCUT2D eigenvalue weighted by molar-refractivity contribution is 0.117. The molecule has 0 atom stereocenters. The molecule has 2 N–H and O–H groups in total. The molecule has 1 aliphatic rings. The molecule has 0 aromatic rings. The average molecular weight is 429 g/mol. The first-order chi connectivity index (χ1) is 9.42. The van der Waals surface area contributed by atoms with Gasteiger partial charge in [0.15, 0.2) is 5.96 Å². The smallest absolute Gasteiger partial charge is 0.193 e. The fourth-order valence-electron chi connectivity index (χ4n) is 2.58. The van der Waals surface area contributed by atoms with E-state index in [0.29, 0.717) is 0 Å². The highest BCUT2D eigenvalue weighted by Gasteiger charge is 2.30. The lowest BCUT2D eigenvalue weighted by Crippen LogP contribution is -2.53. The highest BCUT2D eigenvalue weighted by atomic mass is 127. The van der Waals surface area contributed by atoms with E-state index in [0.717, 1.165) is 44.2 Å². The normalized spacial score (nSPS) is 19.1. The van der Waals surface area contributed by atoms with Gasteiger partial charge in [-0.25, -0.2) is 0 Å². The Bertz CT molecular complexity index is 325. The lowest BCUT2D eigenvalue weighted by atomic mass is 9.83. The Balaban J connectivity index is 0.00000400. The van der Waals surface area contributed by atoms with E-state index >= 15 is 0 Å². The van der Waals surface area contributed by atoms with Gasteiger partial charge in [-0.2, -0.15) is 11.8 Å². The summed E-state index contributed by atoms with van der Waals surface area (Å²) in [5.74, 6) is 2.11. The molecule has 4 nitrogen and oxygen atoms in total. The van der Waals surface area contributed by atoms with Crippen LogP contribution in [-0.2, 0) is 0 Å². The second-order valence-corrected chi connectivity index (χ2v) is 8.10. The molecule has 0 aromatic heterocycles. The van der Waals surface area contributed by atoms with E-state index in [2.05, 4.69) is 42.9 Å². The first-order valence-corrected chi connectivity index (χ1v) is 8.61. The summed E-state index contributed by atoms with van der Waals surface area (Å²) in [6.45, 7) is 11.9. The molecule has 0 unspecified atom stereocenters. The predicted octanol–water partition coefficient (Wildman–Crippen LogP) is 2.81. The van der Waals surface area contributed by atoms with Gasteiger partial charge in [0.2, 0.25) is 0 Å². The summed E-state index contributed by atoms with van der Waals surface area (Å²) in [5.41, 5.74) is -0.0318. The summed E-state index contributed by atoms with van der Waals surface area (Å²) in [6.07, 6.45) is 1.96. The van der Waals surface area contributed by atoms with Gasteiger partial charge in [-0.15, -0.1) is 24.0 Å². The standard InChI is InChI=1S/C15H31N3OS.HI/c1-6-15(7-2,12-19)10-17-13(16-5)18-8-9-20-14(3,4)11-18;/h19H,6-12H2,1-5H3,(H,16,17);1H. The summed E-state index contributed by atoms with van der Waals surface area (Å²) in [7, 11) is 1.84. The van der Waals surface area contributed by atoms with Crippen LogP contribution in [-0.4, -0.2) is 59.8 Å². The number of guanidine groups is 1. The Kier molecular flexibility index (Phi) is 9.59. The van der Waals surface area contributed by atoms with E-state index in [1.165, 1.54) is 0 Å². The van der Waals surface area contributed by atoms with Crippen molar-refractivity contribution in [2.45, 2.75) is 45.3 Å². The van der Waals surface area contributed by atoms with Crippen LogP contribution in [0.3, 0.4) is 0 Å². The molecule has 1 heterocycles. The minimum absolute atomic E-state index is 0. The first kappa shape index (κ1) is 21.3. The van der Waals surface area contributed by atoms with Crippen molar-refractivity contribution < 1.29 is 5.11 Å². The molecule has 0 radical (unpaired) electrons. The zero-order valence-electron chi connectivity index (χ0n) is 14.1. The molecule has 0 bridgehead atoms. The van der Waals surface area contributed by atoms with Gasteiger partial charge in [0.25, 0.3) is 0 Å². The van der Waals surface area contributed by atoms with Crippen molar-refractivity contribution in [3.63, 3.8) is 0 Å². The first-order valence-electron chi connectivity index (χ1n) is 7.62. The number of aliphatic hydroxyl groups excluding tert-OH is 1. The van der Waals surface area contributed by atoms with Crippen molar-refractivity contribution in [1.82, 2.24) is 10.2 Å². The van der Waals surface area contributed by atoms with Crippen LogP contribution in [0, 0.1) is 5.41 Å². The lowest BCUT2D eigenvalue weighted by Gasteiger charge is -2.40. The summed E-state index contributed by atoms with van der Waals surface area (Å²) in [6, 6.07) is 0.